The van der Waals surface area contributed by atoms with Crippen molar-refractivity contribution >= 4 is 21.6 Å². The number of rotatable bonds is 4. The van der Waals surface area contributed by atoms with Crippen LogP contribution in [0.25, 0.3) is 0 Å². The van der Waals surface area contributed by atoms with Crippen molar-refractivity contribution in [2.24, 2.45) is 0 Å². The van der Waals surface area contributed by atoms with E-state index < -0.39 is 10.0 Å². The highest BCUT2D eigenvalue weighted by Crippen LogP contribution is 2.21. The smallest absolute Gasteiger partial charge is 0.262 e. The molecule has 1 aliphatic rings. The second-order valence-electron chi connectivity index (χ2n) is 7.16. The first-order valence-electron chi connectivity index (χ1n) is 9.36. The summed E-state index contributed by atoms with van der Waals surface area (Å²) in [5.41, 5.74) is 2.62. The van der Waals surface area contributed by atoms with Crippen LogP contribution in [0.5, 0.6) is 0 Å². The molecule has 2 aromatic rings. The minimum atomic E-state index is -3.67. The molecule has 0 spiro atoms. The van der Waals surface area contributed by atoms with Crippen molar-refractivity contribution in [3.63, 3.8) is 0 Å². The van der Waals surface area contributed by atoms with Gasteiger partial charge in [-0.05, 0) is 68.1 Å². The third-order valence-corrected chi connectivity index (χ3v) is 6.43. The van der Waals surface area contributed by atoms with Crippen molar-refractivity contribution in [3.05, 3.63) is 59.2 Å². The summed E-state index contributed by atoms with van der Waals surface area (Å²) in [7, 11) is -3.67. The van der Waals surface area contributed by atoms with E-state index in [1.54, 1.807) is 43.3 Å². The molecule has 0 atom stereocenters. The van der Waals surface area contributed by atoms with Crippen molar-refractivity contribution < 1.29 is 13.2 Å². The van der Waals surface area contributed by atoms with E-state index in [1.165, 1.54) is 12.8 Å². The molecule has 1 N–H and O–H groups in total. The van der Waals surface area contributed by atoms with Crippen LogP contribution in [0.4, 0.5) is 5.69 Å². The van der Waals surface area contributed by atoms with Crippen LogP contribution in [-0.4, -0.2) is 32.3 Å². The first kappa shape index (κ1) is 19.4. The molecule has 2 aromatic carbocycles. The maximum Gasteiger partial charge on any atom is 0.262 e. The van der Waals surface area contributed by atoms with Crippen molar-refractivity contribution in [1.82, 2.24) is 4.90 Å². The fourth-order valence-electron chi connectivity index (χ4n) is 3.34. The Morgan fingerprint density at radius 2 is 1.56 bits per heavy atom. The molecule has 5 nitrogen and oxygen atoms in total. The standard InChI is InChI=1S/C21H26N2O3S/c1-16-7-8-17(2)20(15-16)27(25,26)22-19-11-9-18(10-12-19)21(24)23-13-5-3-4-6-14-23/h7-12,15,22H,3-6,13-14H2,1-2H3. The molecule has 0 bridgehead atoms. The number of benzene rings is 2. The number of amides is 1. The normalized spacial score (nSPS) is 15.3. The van der Waals surface area contributed by atoms with E-state index in [1.807, 2.05) is 17.9 Å². The van der Waals surface area contributed by atoms with Crippen molar-refractivity contribution in [2.75, 3.05) is 17.8 Å². The third-order valence-electron chi connectivity index (χ3n) is 4.91. The van der Waals surface area contributed by atoms with E-state index in [-0.39, 0.29) is 10.8 Å². The lowest BCUT2D eigenvalue weighted by molar-refractivity contribution is 0.0761. The number of carbonyl (C=O) groups excluding carboxylic acids is 1. The Labute approximate surface area is 161 Å². The quantitative estimate of drug-likeness (QED) is 0.859. The summed E-state index contributed by atoms with van der Waals surface area (Å²) in [6.45, 7) is 5.22. The van der Waals surface area contributed by atoms with Gasteiger partial charge in [0.2, 0.25) is 0 Å². The minimum absolute atomic E-state index is 0.0147. The number of likely N-dealkylation sites (tertiary alicyclic amines) is 1. The second-order valence-corrected chi connectivity index (χ2v) is 8.81. The van der Waals surface area contributed by atoms with Gasteiger partial charge in [0.05, 0.1) is 4.90 Å². The zero-order chi connectivity index (χ0) is 19.4. The first-order valence-corrected chi connectivity index (χ1v) is 10.8. The van der Waals surface area contributed by atoms with Gasteiger partial charge in [-0.25, -0.2) is 8.42 Å². The maximum absolute atomic E-state index is 12.7. The summed E-state index contributed by atoms with van der Waals surface area (Å²) < 4.78 is 28.0. The molecule has 0 aromatic heterocycles. The van der Waals surface area contributed by atoms with Crippen LogP contribution in [-0.2, 0) is 10.0 Å². The lowest BCUT2D eigenvalue weighted by Crippen LogP contribution is -2.31. The number of hydrogen-bond acceptors (Lipinski definition) is 3. The molecule has 6 heteroatoms. The molecule has 3 rings (SSSR count). The fourth-order valence-corrected chi connectivity index (χ4v) is 4.73. The summed E-state index contributed by atoms with van der Waals surface area (Å²) in [5.74, 6) is 0.0147. The second kappa shape index (κ2) is 8.13. The molecule has 1 aliphatic heterocycles. The maximum atomic E-state index is 12.7. The zero-order valence-electron chi connectivity index (χ0n) is 15.9. The van der Waals surface area contributed by atoms with Gasteiger partial charge in [-0.3, -0.25) is 9.52 Å². The predicted molar refractivity (Wildman–Crippen MR) is 108 cm³/mol. The van der Waals surface area contributed by atoms with Gasteiger partial charge in [-0.2, -0.15) is 0 Å². The van der Waals surface area contributed by atoms with Gasteiger partial charge in [0.15, 0.2) is 0 Å². The Morgan fingerprint density at radius 3 is 2.19 bits per heavy atom. The summed E-state index contributed by atoms with van der Waals surface area (Å²) in [4.78, 5) is 14.8. The SMILES string of the molecule is Cc1ccc(C)c(S(=O)(=O)Nc2ccc(C(=O)N3CCCCCC3)cc2)c1. The van der Waals surface area contributed by atoms with E-state index in [0.29, 0.717) is 16.8 Å². The van der Waals surface area contributed by atoms with Gasteiger partial charge in [0, 0.05) is 24.3 Å². The van der Waals surface area contributed by atoms with Crippen LogP contribution < -0.4 is 4.72 Å². The lowest BCUT2D eigenvalue weighted by Gasteiger charge is -2.20. The molecule has 1 saturated heterocycles. The van der Waals surface area contributed by atoms with Gasteiger partial charge in [-0.15, -0.1) is 0 Å². The highest BCUT2D eigenvalue weighted by molar-refractivity contribution is 7.92. The van der Waals surface area contributed by atoms with Gasteiger partial charge in [-0.1, -0.05) is 25.0 Å². The third kappa shape index (κ3) is 4.69. The molecule has 0 saturated carbocycles. The van der Waals surface area contributed by atoms with Crippen LogP contribution in [0, 0.1) is 13.8 Å². The van der Waals surface area contributed by atoms with Crippen LogP contribution in [0.1, 0.15) is 47.2 Å². The Balaban J connectivity index is 1.75. The molecule has 1 heterocycles. The van der Waals surface area contributed by atoms with Crippen LogP contribution in [0.2, 0.25) is 0 Å². The number of carbonyl (C=O) groups is 1. The molecule has 0 aliphatic carbocycles. The number of sulfonamides is 1. The predicted octanol–water partition coefficient (Wildman–Crippen LogP) is 4.12. The molecule has 144 valence electrons. The number of nitrogens with one attached hydrogen (secondary N) is 1. The highest BCUT2D eigenvalue weighted by atomic mass is 32.2. The van der Waals surface area contributed by atoms with E-state index in [0.717, 1.165) is 31.5 Å². The summed E-state index contributed by atoms with van der Waals surface area (Å²) in [6, 6.07) is 12.0. The molecule has 0 unspecified atom stereocenters. The van der Waals surface area contributed by atoms with Gasteiger partial charge in [0.25, 0.3) is 15.9 Å². The van der Waals surface area contributed by atoms with Gasteiger partial charge in [0.1, 0.15) is 0 Å². The monoisotopic (exact) mass is 386 g/mol. The fraction of sp³-hybridized carbons (Fsp3) is 0.381. The summed E-state index contributed by atoms with van der Waals surface area (Å²) in [6.07, 6.45) is 4.42. The van der Waals surface area contributed by atoms with Crippen molar-refractivity contribution in [1.29, 1.82) is 0 Å². The van der Waals surface area contributed by atoms with E-state index in [4.69, 9.17) is 0 Å². The van der Waals surface area contributed by atoms with E-state index in [9.17, 15) is 13.2 Å². The molecular formula is C21H26N2O3S. The molecule has 1 amide bonds. The van der Waals surface area contributed by atoms with Crippen molar-refractivity contribution in [3.8, 4) is 0 Å². The number of anilines is 1. The van der Waals surface area contributed by atoms with Gasteiger partial charge < -0.3 is 4.90 Å². The molecular weight excluding hydrogens is 360 g/mol. The Bertz CT molecular complexity index is 913. The van der Waals surface area contributed by atoms with Crippen LogP contribution in [0.15, 0.2) is 47.4 Å². The first-order chi connectivity index (χ1) is 12.9. The number of nitrogens with zero attached hydrogens (tertiary/aromatic N) is 1. The van der Waals surface area contributed by atoms with Crippen LogP contribution in [0.3, 0.4) is 0 Å². The molecule has 1 fully saturated rings. The number of aryl methyl sites for hydroxylation is 2. The topological polar surface area (TPSA) is 66.5 Å². The zero-order valence-corrected chi connectivity index (χ0v) is 16.7. The Hall–Kier alpha value is -2.34. The minimum Gasteiger partial charge on any atom is -0.339 e. The summed E-state index contributed by atoms with van der Waals surface area (Å²) in [5, 5.41) is 0. The molecule has 0 radical (unpaired) electrons. The van der Waals surface area contributed by atoms with Crippen molar-refractivity contribution in [2.45, 2.75) is 44.4 Å². The Kier molecular flexibility index (Phi) is 5.85. The lowest BCUT2D eigenvalue weighted by atomic mass is 10.2. The average Bonchev–Trinajstić information content (AvgIpc) is 2.93. The highest BCUT2D eigenvalue weighted by Gasteiger charge is 2.19. The Morgan fingerprint density at radius 1 is 0.926 bits per heavy atom. The largest absolute Gasteiger partial charge is 0.339 e. The summed E-state index contributed by atoms with van der Waals surface area (Å²) >= 11 is 0. The number of hydrogen-bond donors (Lipinski definition) is 1. The van der Waals surface area contributed by atoms with Crippen LogP contribution >= 0.6 is 0 Å². The molecule has 27 heavy (non-hydrogen) atoms. The van der Waals surface area contributed by atoms with E-state index in [2.05, 4.69) is 4.72 Å². The average molecular weight is 387 g/mol. The van der Waals surface area contributed by atoms with E-state index >= 15 is 0 Å². The van der Waals surface area contributed by atoms with Gasteiger partial charge >= 0.3 is 0 Å².